The summed E-state index contributed by atoms with van der Waals surface area (Å²) in [6, 6.07) is 7.86. The second-order valence-corrected chi connectivity index (χ2v) is 3.23. The summed E-state index contributed by atoms with van der Waals surface area (Å²) in [4.78, 5) is 0. The molecule has 1 aliphatic heterocycles. The summed E-state index contributed by atoms with van der Waals surface area (Å²) in [5.41, 5.74) is 1.98. The summed E-state index contributed by atoms with van der Waals surface area (Å²) in [5.74, 6) is 1.48. The van der Waals surface area contributed by atoms with Gasteiger partial charge in [-0.1, -0.05) is 18.2 Å². The molecule has 1 aromatic heterocycles. The molecule has 3 rings (SSSR count). The second kappa shape index (κ2) is 3.20. The highest BCUT2D eigenvalue weighted by molar-refractivity contribution is 5.82. The van der Waals surface area contributed by atoms with E-state index in [1.54, 1.807) is 0 Å². The van der Waals surface area contributed by atoms with Crippen LogP contribution in [0.3, 0.4) is 0 Å². The molecule has 0 saturated heterocycles. The molecule has 0 fully saturated rings. The Labute approximate surface area is 85.8 Å². The standard InChI is InChI=1S/C10H8N4O/c1-2-4-9-7(3-1)5-8(6-15-9)10-11-13-14-12-10/h1-5H,6H2,(H,11,12,13,14). The number of hydrogen-bond acceptors (Lipinski definition) is 4. The molecule has 0 saturated carbocycles. The molecule has 5 nitrogen and oxygen atoms in total. The van der Waals surface area contributed by atoms with Crippen molar-refractivity contribution < 1.29 is 4.74 Å². The van der Waals surface area contributed by atoms with E-state index in [-0.39, 0.29) is 0 Å². The van der Waals surface area contributed by atoms with Gasteiger partial charge in [-0.2, -0.15) is 5.21 Å². The van der Waals surface area contributed by atoms with Crippen molar-refractivity contribution in [1.29, 1.82) is 0 Å². The van der Waals surface area contributed by atoms with Crippen LogP contribution >= 0.6 is 0 Å². The van der Waals surface area contributed by atoms with Gasteiger partial charge in [-0.15, -0.1) is 10.2 Å². The van der Waals surface area contributed by atoms with Crippen LogP contribution in [0.1, 0.15) is 11.4 Å². The van der Waals surface area contributed by atoms with E-state index in [4.69, 9.17) is 4.74 Å². The molecule has 1 N–H and O–H groups in total. The molecular formula is C10H8N4O. The smallest absolute Gasteiger partial charge is 0.204 e. The van der Waals surface area contributed by atoms with Crippen LogP contribution in [0.25, 0.3) is 11.6 Å². The number of aromatic amines is 1. The highest BCUT2D eigenvalue weighted by Gasteiger charge is 2.14. The number of H-pyrrole nitrogens is 1. The van der Waals surface area contributed by atoms with E-state index in [1.165, 1.54) is 0 Å². The molecule has 0 aliphatic carbocycles. The Hall–Kier alpha value is -2.17. The number of hydrogen-bond donors (Lipinski definition) is 1. The van der Waals surface area contributed by atoms with Crippen LogP contribution in [-0.4, -0.2) is 27.2 Å². The number of ether oxygens (including phenoxy) is 1. The summed E-state index contributed by atoms with van der Waals surface area (Å²) in [7, 11) is 0. The number of benzene rings is 1. The lowest BCUT2D eigenvalue weighted by molar-refractivity contribution is 0.365. The summed E-state index contributed by atoms with van der Waals surface area (Å²) >= 11 is 0. The maximum atomic E-state index is 5.57. The Kier molecular flexibility index (Phi) is 1.74. The van der Waals surface area contributed by atoms with Gasteiger partial charge in [0.1, 0.15) is 12.4 Å². The predicted octanol–water partition coefficient (Wildman–Crippen LogP) is 1.13. The Morgan fingerprint density at radius 3 is 3.07 bits per heavy atom. The highest BCUT2D eigenvalue weighted by Crippen LogP contribution is 2.28. The van der Waals surface area contributed by atoms with Crippen molar-refractivity contribution in [3.05, 3.63) is 35.7 Å². The van der Waals surface area contributed by atoms with Crippen LogP contribution in [-0.2, 0) is 0 Å². The van der Waals surface area contributed by atoms with Crippen molar-refractivity contribution in [3.63, 3.8) is 0 Å². The monoisotopic (exact) mass is 200 g/mol. The summed E-state index contributed by atoms with van der Waals surface area (Å²) in [6.45, 7) is 0.483. The molecule has 0 bridgehead atoms. The van der Waals surface area contributed by atoms with Crippen molar-refractivity contribution in [1.82, 2.24) is 20.6 Å². The van der Waals surface area contributed by atoms with Gasteiger partial charge in [-0.3, -0.25) is 0 Å². The Morgan fingerprint density at radius 1 is 1.27 bits per heavy atom. The number of rotatable bonds is 1. The maximum absolute atomic E-state index is 5.57. The quantitative estimate of drug-likeness (QED) is 0.749. The first-order valence-electron chi connectivity index (χ1n) is 4.60. The van der Waals surface area contributed by atoms with Crippen LogP contribution in [0.15, 0.2) is 24.3 Å². The van der Waals surface area contributed by atoms with Gasteiger partial charge in [0.25, 0.3) is 0 Å². The van der Waals surface area contributed by atoms with E-state index in [0.717, 1.165) is 16.9 Å². The minimum Gasteiger partial charge on any atom is -0.488 e. The minimum atomic E-state index is 0.483. The van der Waals surface area contributed by atoms with Crippen LogP contribution in [0.2, 0.25) is 0 Å². The number of nitrogens with one attached hydrogen (secondary N) is 1. The third-order valence-electron chi connectivity index (χ3n) is 2.26. The minimum absolute atomic E-state index is 0.483. The third-order valence-corrected chi connectivity index (χ3v) is 2.26. The van der Waals surface area contributed by atoms with Crippen molar-refractivity contribution in [3.8, 4) is 5.75 Å². The fourth-order valence-electron chi connectivity index (χ4n) is 1.54. The molecule has 1 aromatic carbocycles. The molecule has 15 heavy (non-hydrogen) atoms. The molecule has 0 atom stereocenters. The zero-order chi connectivity index (χ0) is 10.1. The first-order chi connectivity index (χ1) is 7.43. The first kappa shape index (κ1) is 8.16. The molecular weight excluding hydrogens is 192 g/mol. The number of fused-ring (bicyclic) bond motifs is 1. The van der Waals surface area contributed by atoms with Crippen LogP contribution < -0.4 is 4.74 Å². The average Bonchev–Trinajstić information content (AvgIpc) is 2.82. The van der Waals surface area contributed by atoms with E-state index in [9.17, 15) is 0 Å². The fraction of sp³-hybridized carbons (Fsp3) is 0.100. The lowest BCUT2D eigenvalue weighted by Crippen LogP contribution is -2.07. The molecule has 1 aliphatic rings. The van der Waals surface area contributed by atoms with Crippen LogP contribution in [0.4, 0.5) is 0 Å². The number of tetrazole rings is 1. The van der Waals surface area contributed by atoms with Crippen molar-refractivity contribution in [2.75, 3.05) is 6.61 Å². The highest BCUT2D eigenvalue weighted by atomic mass is 16.5. The molecule has 0 spiro atoms. The molecule has 0 unspecified atom stereocenters. The van der Waals surface area contributed by atoms with Gasteiger partial charge in [0.15, 0.2) is 0 Å². The van der Waals surface area contributed by atoms with Crippen LogP contribution in [0, 0.1) is 0 Å². The zero-order valence-corrected chi connectivity index (χ0v) is 7.84. The largest absolute Gasteiger partial charge is 0.488 e. The average molecular weight is 200 g/mol. The number of nitrogens with zero attached hydrogens (tertiary/aromatic N) is 3. The molecule has 74 valence electrons. The van der Waals surface area contributed by atoms with E-state index >= 15 is 0 Å². The van der Waals surface area contributed by atoms with Crippen LogP contribution in [0.5, 0.6) is 5.75 Å². The second-order valence-electron chi connectivity index (χ2n) is 3.23. The first-order valence-corrected chi connectivity index (χ1v) is 4.60. The summed E-state index contributed by atoms with van der Waals surface area (Å²) in [6.07, 6.45) is 2.02. The normalized spacial score (nSPS) is 14.0. The molecule has 5 heteroatoms. The van der Waals surface area contributed by atoms with Crippen molar-refractivity contribution >= 4 is 11.6 Å². The Bertz CT molecular complexity index is 504. The van der Waals surface area contributed by atoms with Gasteiger partial charge in [0.05, 0.1) is 0 Å². The molecule has 0 radical (unpaired) electrons. The van der Waals surface area contributed by atoms with E-state index < -0.39 is 0 Å². The third kappa shape index (κ3) is 1.38. The van der Waals surface area contributed by atoms with Gasteiger partial charge in [0.2, 0.25) is 5.82 Å². The lowest BCUT2D eigenvalue weighted by atomic mass is 10.1. The van der Waals surface area contributed by atoms with Gasteiger partial charge in [0, 0.05) is 11.1 Å². The molecule has 0 amide bonds. The zero-order valence-electron chi connectivity index (χ0n) is 7.84. The van der Waals surface area contributed by atoms with Gasteiger partial charge < -0.3 is 4.74 Å². The fourth-order valence-corrected chi connectivity index (χ4v) is 1.54. The SMILES string of the molecule is C1=C(c2nn[nH]n2)COc2ccccc21. The van der Waals surface area contributed by atoms with Crippen molar-refractivity contribution in [2.45, 2.75) is 0 Å². The summed E-state index contributed by atoms with van der Waals surface area (Å²) < 4.78 is 5.57. The van der Waals surface area contributed by atoms with Gasteiger partial charge in [-0.05, 0) is 17.4 Å². The van der Waals surface area contributed by atoms with Gasteiger partial charge in [-0.25, -0.2) is 0 Å². The van der Waals surface area contributed by atoms with E-state index in [2.05, 4.69) is 20.6 Å². The predicted molar refractivity (Wildman–Crippen MR) is 54.0 cm³/mol. The lowest BCUT2D eigenvalue weighted by Gasteiger charge is -2.15. The van der Waals surface area contributed by atoms with E-state index in [1.807, 2.05) is 30.3 Å². The maximum Gasteiger partial charge on any atom is 0.204 e. The number of aromatic nitrogens is 4. The Balaban J connectivity index is 2.06. The van der Waals surface area contributed by atoms with E-state index in [0.29, 0.717) is 12.4 Å². The topological polar surface area (TPSA) is 63.7 Å². The van der Waals surface area contributed by atoms with Crippen molar-refractivity contribution in [2.24, 2.45) is 0 Å². The Morgan fingerprint density at radius 2 is 2.20 bits per heavy atom. The summed E-state index contributed by atoms with van der Waals surface area (Å²) in [5, 5.41) is 13.8. The molecule has 2 aromatic rings. The molecule has 2 heterocycles. The number of para-hydroxylation sites is 1. The van der Waals surface area contributed by atoms with Gasteiger partial charge >= 0.3 is 0 Å².